The average molecular weight is 354 g/mol. The minimum Gasteiger partial charge on any atom is -0.445 e. The van der Waals surface area contributed by atoms with E-state index in [0.717, 1.165) is 25.1 Å². The highest BCUT2D eigenvalue weighted by Crippen LogP contribution is 2.62. The molecule has 0 bridgehead atoms. The summed E-state index contributed by atoms with van der Waals surface area (Å²) >= 11 is 0. The zero-order valence-corrected chi connectivity index (χ0v) is 14.6. The van der Waals surface area contributed by atoms with Gasteiger partial charge in [0, 0.05) is 12.0 Å². The summed E-state index contributed by atoms with van der Waals surface area (Å²) in [6, 6.07) is 16.5. The summed E-state index contributed by atoms with van der Waals surface area (Å²) in [5.74, 6) is 0.555. The zero-order valence-electron chi connectivity index (χ0n) is 14.6. The van der Waals surface area contributed by atoms with Gasteiger partial charge in [-0.1, -0.05) is 48.5 Å². The number of amides is 1. The molecule has 1 saturated carbocycles. The first-order valence-electron chi connectivity index (χ1n) is 9.12. The van der Waals surface area contributed by atoms with Gasteiger partial charge < -0.3 is 15.4 Å². The molecule has 0 radical (unpaired) electrons. The summed E-state index contributed by atoms with van der Waals surface area (Å²) in [7, 11) is 0. The van der Waals surface area contributed by atoms with E-state index in [2.05, 4.69) is 10.6 Å². The van der Waals surface area contributed by atoms with Crippen molar-refractivity contribution in [3.05, 3.63) is 71.5 Å². The summed E-state index contributed by atoms with van der Waals surface area (Å²) in [6.45, 7) is 2.43. The molecular formula is C21H23FN2O2. The Morgan fingerprint density at radius 3 is 2.65 bits per heavy atom. The standard InChI is InChI=1S/C21H23FN2O2/c22-19-9-5-4-8-17(19)21(16-10-11-23-12-18(16)21)14-24-20(25)26-13-15-6-2-1-3-7-15/h1-9,16,18,23H,10-14H2,(H,24,25)/t16-,18+,21-/m1/s1. The Balaban J connectivity index is 1.43. The smallest absolute Gasteiger partial charge is 0.407 e. The number of hydrogen-bond acceptors (Lipinski definition) is 3. The highest BCUT2D eigenvalue weighted by molar-refractivity contribution is 5.67. The number of nitrogens with one attached hydrogen (secondary N) is 2. The molecule has 1 heterocycles. The molecule has 2 aromatic rings. The van der Waals surface area contributed by atoms with Crippen molar-refractivity contribution in [3.63, 3.8) is 0 Å². The van der Waals surface area contributed by atoms with Gasteiger partial charge in [-0.25, -0.2) is 9.18 Å². The fourth-order valence-electron chi connectivity index (χ4n) is 4.49. The molecule has 0 unspecified atom stereocenters. The van der Waals surface area contributed by atoms with Crippen LogP contribution in [0.4, 0.5) is 9.18 Å². The van der Waals surface area contributed by atoms with Crippen molar-refractivity contribution in [3.8, 4) is 0 Å². The SMILES string of the molecule is O=C(NC[C@]1(c2ccccc2F)[C@@H]2CCNC[C@@H]21)OCc1ccccc1. The average Bonchev–Trinajstić information content (AvgIpc) is 3.34. The molecule has 2 aromatic carbocycles. The van der Waals surface area contributed by atoms with Crippen LogP contribution in [0.3, 0.4) is 0 Å². The van der Waals surface area contributed by atoms with Crippen LogP contribution in [0.2, 0.25) is 0 Å². The fourth-order valence-corrected chi connectivity index (χ4v) is 4.49. The molecule has 2 aliphatic rings. The van der Waals surface area contributed by atoms with Gasteiger partial charge in [0.05, 0.1) is 0 Å². The Kier molecular flexibility index (Phi) is 4.64. The van der Waals surface area contributed by atoms with Crippen molar-refractivity contribution in [2.45, 2.75) is 18.4 Å². The molecule has 1 aliphatic heterocycles. The van der Waals surface area contributed by atoms with Gasteiger partial charge >= 0.3 is 6.09 Å². The summed E-state index contributed by atoms with van der Waals surface area (Å²) in [4.78, 5) is 12.2. The van der Waals surface area contributed by atoms with Crippen LogP contribution in [0, 0.1) is 17.7 Å². The molecule has 136 valence electrons. The van der Waals surface area contributed by atoms with E-state index in [1.165, 1.54) is 6.07 Å². The molecule has 5 heteroatoms. The highest BCUT2D eigenvalue weighted by Gasteiger charge is 2.66. The number of ether oxygens (including phenoxy) is 1. The van der Waals surface area contributed by atoms with Gasteiger partial charge in [0.25, 0.3) is 0 Å². The fraction of sp³-hybridized carbons (Fsp3) is 0.381. The summed E-state index contributed by atoms with van der Waals surface area (Å²) < 4.78 is 19.8. The number of benzene rings is 2. The van der Waals surface area contributed by atoms with Gasteiger partial charge in [-0.05, 0) is 48.5 Å². The second-order valence-electron chi connectivity index (χ2n) is 7.14. The predicted octanol–water partition coefficient (Wildman–Crippen LogP) is 3.23. The third kappa shape index (κ3) is 3.07. The lowest BCUT2D eigenvalue weighted by atomic mass is 9.90. The van der Waals surface area contributed by atoms with Crippen molar-refractivity contribution >= 4 is 6.09 Å². The molecule has 4 nitrogen and oxygen atoms in total. The number of fused-ring (bicyclic) bond motifs is 1. The topological polar surface area (TPSA) is 50.4 Å². The van der Waals surface area contributed by atoms with Crippen LogP contribution >= 0.6 is 0 Å². The van der Waals surface area contributed by atoms with Crippen LogP contribution in [0.1, 0.15) is 17.5 Å². The van der Waals surface area contributed by atoms with E-state index in [1.54, 1.807) is 6.07 Å². The van der Waals surface area contributed by atoms with E-state index in [-0.39, 0.29) is 17.8 Å². The quantitative estimate of drug-likeness (QED) is 0.867. The van der Waals surface area contributed by atoms with E-state index in [9.17, 15) is 9.18 Å². The summed E-state index contributed by atoms with van der Waals surface area (Å²) in [6.07, 6.45) is 0.542. The van der Waals surface area contributed by atoms with Crippen molar-refractivity contribution in [2.24, 2.45) is 11.8 Å². The second-order valence-corrected chi connectivity index (χ2v) is 7.14. The maximum absolute atomic E-state index is 14.5. The van der Waals surface area contributed by atoms with Crippen LogP contribution in [0.15, 0.2) is 54.6 Å². The highest BCUT2D eigenvalue weighted by atomic mass is 19.1. The zero-order chi connectivity index (χ0) is 18.0. The number of piperidine rings is 1. The Bertz CT molecular complexity index is 769. The van der Waals surface area contributed by atoms with Gasteiger partial charge in [-0.15, -0.1) is 0 Å². The number of hydrogen-bond donors (Lipinski definition) is 2. The first-order chi connectivity index (χ1) is 12.7. The third-order valence-electron chi connectivity index (χ3n) is 5.81. The number of carbonyl (C=O) groups excluding carboxylic acids is 1. The van der Waals surface area contributed by atoms with Gasteiger partial charge in [0.15, 0.2) is 0 Å². The third-order valence-corrected chi connectivity index (χ3v) is 5.81. The maximum atomic E-state index is 14.5. The monoisotopic (exact) mass is 354 g/mol. The molecular weight excluding hydrogens is 331 g/mol. The first kappa shape index (κ1) is 17.0. The van der Waals surface area contributed by atoms with Crippen molar-refractivity contribution in [1.82, 2.24) is 10.6 Å². The Labute approximate surface area is 152 Å². The summed E-state index contributed by atoms with van der Waals surface area (Å²) in [5, 5.41) is 6.27. The van der Waals surface area contributed by atoms with Crippen molar-refractivity contribution in [2.75, 3.05) is 19.6 Å². The van der Waals surface area contributed by atoms with E-state index in [0.29, 0.717) is 23.9 Å². The van der Waals surface area contributed by atoms with Gasteiger partial charge in [-0.2, -0.15) is 0 Å². The van der Waals surface area contributed by atoms with Crippen LogP contribution in [0.5, 0.6) is 0 Å². The molecule has 1 aliphatic carbocycles. The molecule has 1 saturated heterocycles. The van der Waals surface area contributed by atoms with Crippen LogP contribution in [-0.2, 0) is 16.8 Å². The van der Waals surface area contributed by atoms with E-state index in [1.807, 2.05) is 42.5 Å². The first-order valence-corrected chi connectivity index (χ1v) is 9.12. The molecule has 1 amide bonds. The van der Waals surface area contributed by atoms with Gasteiger partial charge in [-0.3, -0.25) is 0 Å². The van der Waals surface area contributed by atoms with Crippen LogP contribution in [-0.4, -0.2) is 25.7 Å². The Hall–Kier alpha value is -2.40. The number of alkyl carbamates (subject to hydrolysis) is 1. The Morgan fingerprint density at radius 2 is 1.92 bits per heavy atom. The van der Waals surface area contributed by atoms with Crippen molar-refractivity contribution < 1.29 is 13.9 Å². The normalized spacial score (nSPS) is 26.7. The van der Waals surface area contributed by atoms with Crippen LogP contribution in [0.25, 0.3) is 0 Å². The second kappa shape index (κ2) is 7.08. The van der Waals surface area contributed by atoms with Crippen molar-refractivity contribution in [1.29, 1.82) is 0 Å². The number of halogens is 1. The van der Waals surface area contributed by atoms with E-state index < -0.39 is 6.09 Å². The lowest BCUT2D eigenvalue weighted by molar-refractivity contribution is 0.138. The lowest BCUT2D eigenvalue weighted by Crippen LogP contribution is -2.35. The Morgan fingerprint density at radius 1 is 1.15 bits per heavy atom. The summed E-state index contributed by atoms with van der Waals surface area (Å²) in [5.41, 5.74) is 1.32. The van der Waals surface area contributed by atoms with E-state index in [4.69, 9.17) is 4.74 Å². The van der Waals surface area contributed by atoms with Gasteiger partial charge in [0.2, 0.25) is 0 Å². The molecule has 3 atom stereocenters. The van der Waals surface area contributed by atoms with Gasteiger partial charge in [0.1, 0.15) is 12.4 Å². The molecule has 2 N–H and O–H groups in total. The molecule has 0 spiro atoms. The predicted molar refractivity (Wildman–Crippen MR) is 97.2 cm³/mol. The minimum atomic E-state index is -0.457. The molecule has 4 rings (SSSR count). The molecule has 2 fully saturated rings. The van der Waals surface area contributed by atoms with E-state index >= 15 is 0 Å². The molecule has 0 aromatic heterocycles. The molecule has 26 heavy (non-hydrogen) atoms. The number of carbonyl (C=O) groups is 1. The number of rotatable bonds is 5. The maximum Gasteiger partial charge on any atom is 0.407 e. The lowest BCUT2D eigenvalue weighted by Gasteiger charge is -2.20. The minimum absolute atomic E-state index is 0.193. The largest absolute Gasteiger partial charge is 0.445 e. The van der Waals surface area contributed by atoms with Crippen LogP contribution < -0.4 is 10.6 Å².